The van der Waals surface area contributed by atoms with Crippen molar-refractivity contribution < 1.29 is 9.59 Å². The van der Waals surface area contributed by atoms with Crippen molar-refractivity contribution in [1.82, 2.24) is 0 Å². The van der Waals surface area contributed by atoms with Crippen LogP contribution < -0.4 is 14.8 Å². The van der Waals surface area contributed by atoms with Crippen LogP contribution in [0.2, 0.25) is 5.02 Å². The molecule has 2 aliphatic rings. The molecule has 6 rings (SSSR count). The molecule has 0 bridgehead atoms. The molecule has 4 aromatic carbocycles. The molecule has 0 aliphatic carbocycles. The van der Waals surface area contributed by atoms with Crippen molar-refractivity contribution >= 4 is 46.3 Å². The normalized spacial score (nSPS) is 19.4. The van der Waals surface area contributed by atoms with Crippen molar-refractivity contribution in [2.24, 2.45) is 11.0 Å². The van der Waals surface area contributed by atoms with Gasteiger partial charge in [-0.1, -0.05) is 78.3 Å². The third kappa shape index (κ3) is 3.96. The maximum absolute atomic E-state index is 14.1. The molecule has 0 aromatic heterocycles. The van der Waals surface area contributed by atoms with Gasteiger partial charge in [-0.25, -0.2) is 9.91 Å². The van der Waals surface area contributed by atoms with Crippen LogP contribution in [0.25, 0.3) is 0 Å². The number of hydrogen-bond donors (Lipinski definition) is 0. The molecule has 4 aromatic rings. The second-order valence-electron chi connectivity index (χ2n) is 9.02. The van der Waals surface area contributed by atoms with Crippen LogP contribution in [0.15, 0.2) is 132 Å². The van der Waals surface area contributed by atoms with Crippen molar-refractivity contribution in [3.05, 3.63) is 137 Å². The van der Waals surface area contributed by atoms with Gasteiger partial charge in [-0.05, 0) is 55.5 Å². The summed E-state index contributed by atoms with van der Waals surface area (Å²) in [5, 5.41) is 7.33. The highest BCUT2D eigenvalue weighted by molar-refractivity contribution is 6.32. The zero-order valence-corrected chi connectivity index (χ0v) is 21.3. The first-order valence-electron chi connectivity index (χ1n) is 12.3. The molecule has 0 N–H and O–H groups in total. The highest BCUT2D eigenvalue weighted by Gasteiger charge is 2.48. The monoisotopic (exact) mass is 518 g/mol. The van der Waals surface area contributed by atoms with Crippen LogP contribution in [0, 0.1) is 5.92 Å². The van der Waals surface area contributed by atoms with Crippen molar-refractivity contribution in [2.45, 2.75) is 6.92 Å². The Bertz CT molecular complexity index is 1570. The van der Waals surface area contributed by atoms with Gasteiger partial charge in [0.25, 0.3) is 5.91 Å². The molecule has 38 heavy (non-hydrogen) atoms. The molecule has 2 amide bonds. The van der Waals surface area contributed by atoms with E-state index in [2.05, 4.69) is 0 Å². The lowest BCUT2D eigenvalue weighted by Gasteiger charge is -2.27. The molecular formula is C31H23ClN4O2. The fourth-order valence-electron chi connectivity index (χ4n) is 4.81. The topological polar surface area (TPSA) is 56.2 Å². The Labute approximate surface area is 225 Å². The van der Waals surface area contributed by atoms with E-state index in [9.17, 15) is 9.59 Å². The lowest BCUT2D eigenvalue weighted by Crippen LogP contribution is -2.33. The molecule has 1 fully saturated rings. The fourth-order valence-corrected chi connectivity index (χ4v) is 4.93. The summed E-state index contributed by atoms with van der Waals surface area (Å²) in [5.74, 6) is -0.194. The molecule has 186 valence electrons. The first-order chi connectivity index (χ1) is 18.5. The summed E-state index contributed by atoms with van der Waals surface area (Å²) in [7, 11) is 0. The molecule has 7 heteroatoms. The number of benzene rings is 4. The number of imide groups is 1. The van der Waals surface area contributed by atoms with Crippen LogP contribution in [0.4, 0.5) is 17.1 Å². The average Bonchev–Trinajstić information content (AvgIpc) is 3.45. The second-order valence-corrected chi connectivity index (χ2v) is 9.46. The molecule has 0 spiro atoms. The molecule has 2 aliphatic heterocycles. The van der Waals surface area contributed by atoms with Gasteiger partial charge >= 0.3 is 0 Å². The molecule has 1 atom stereocenters. The molecule has 0 saturated carbocycles. The lowest BCUT2D eigenvalue weighted by atomic mass is 10.0. The summed E-state index contributed by atoms with van der Waals surface area (Å²) < 4.78 is 0. The van der Waals surface area contributed by atoms with Crippen LogP contribution in [0.5, 0.6) is 0 Å². The zero-order chi connectivity index (χ0) is 26.2. The third-order valence-corrected chi connectivity index (χ3v) is 6.90. The standard InChI is InChI=1S/C31H23ClN4O2/c1-21-27(31(38)35(30(21)37)25-19-17-23(32)18-20-25)29-34(24-13-7-3-8-14-24)28(22-11-5-2-6-12-22)33-36(29)26-15-9-4-10-16-26/h2-21H,1H3/b29-27-. The van der Waals surface area contributed by atoms with E-state index in [1.165, 1.54) is 4.90 Å². The first kappa shape index (κ1) is 23.7. The van der Waals surface area contributed by atoms with Gasteiger partial charge in [-0.2, -0.15) is 0 Å². The van der Waals surface area contributed by atoms with Crippen LogP contribution >= 0.6 is 11.6 Å². The Morgan fingerprint density at radius 3 is 1.79 bits per heavy atom. The predicted octanol–water partition coefficient (Wildman–Crippen LogP) is 6.45. The molecule has 1 saturated heterocycles. The predicted molar refractivity (Wildman–Crippen MR) is 151 cm³/mol. The number of rotatable bonds is 4. The minimum Gasteiger partial charge on any atom is -0.277 e. The Hall–Kier alpha value is -4.68. The Kier molecular flexibility index (Phi) is 6.02. The minimum atomic E-state index is -0.698. The fraction of sp³-hybridized carbons (Fsp3) is 0.0645. The van der Waals surface area contributed by atoms with Crippen molar-refractivity contribution in [2.75, 3.05) is 14.8 Å². The maximum Gasteiger partial charge on any atom is 0.265 e. The van der Waals surface area contributed by atoms with E-state index in [4.69, 9.17) is 16.7 Å². The molecule has 0 radical (unpaired) electrons. The van der Waals surface area contributed by atoms with Crippen LogP contribution in [-0.2, 0) is 9.59 Å². The number of hydrogen-bond acceptors (Lipinski definition) is 5. The molecule has 1 unspecified atom stereocenters. The van der Waals surface area contributed by atoms with Gasteiger partial charge < -0.3 is 0 Å². The van der Waals surface area contributed by atoms with Crippen LogP contribution in [0.1, 0.15) is 12.5 Å². The number of carbonyl (C=O) groups excluding carboxylic acids is 2. The number of nitrogens with zero attached hydrogens (tertiary/aromatic N) is 4. The smallest absolute Gasteiger partial charge is 0.265 e. The highest BCUT2D eigenvalue weighted by Crippen LogP contribution is 2.41. The number of halogens is 1. The largest absolute Gasteiger partial charge is 0.277 e. The first-order valence-corrected chi connectivity index (χ1v) is 12.6. The number of amidine groups is 1. The van der Waals surface area contributed by atoms with Crippen molar-refractivity contribution in [1.29, 1.82) is 0 Å². The van der Waals surface area contributed by atoms with E-state index in [1.807, 2.05) is 95.9 Å². The van der Waals surface area contributed by atoms with Gasteiger partial charge in [0, 0.05) is 16.3 Å². The van der Waals surface area contributed by atoms with Gasteiger partial charge in [0.1, 0.15) is 0 Å². The van der Waals surface area contributed by atoms with Gasteiger partial charge in [0.2, 0.25) is 5.91 Å². The summed E-state index contributed by atoms with van der Waals surface area (Å²) in [4.78, 5) is 30.9. The number of amides is 2. The van der Waals surface area contributed by atoms with Gasteiger partial charge in [0.05, 0.1) is 22.9 Å². The SMILES string of the molecule is CC1C(=O)N(c2ccc(Cl)cc2)C(=O)/C1=C1\N(c2ccccc2)N=C(c2ccccc2)N1c1ccccc1. The molecule has 6 nitrogen and oxygen atoms in total. The summed E-state index contributed by atoms with van der Waals surface area (Å²) in [5.41, 5.74) is 3.33. The average molecular weight is 519 g/mol. The van der Waals surface area contributed by atoms with Crippen molar-refractivity contribution in [3.63, 3.8) is 0 Å². The van der Waals surface area contributed by atoms with E-state index in [0.29, 0.717) is 27.9 Å². The quantitative estimate of drug-likeness (QED) is 0.230. The van der Waals surface area contributed by atoms with E-state index in [-0.39, 0.29) is 11.8 Å². The van der Waals surface area contributed by atoms with E-state index >= 15 is 0 Å². The highest BCUT2D eigenvalue weighted by atomic mass is 35.5. The second kappa shape index (κ2) is 9.65. The summed E-state index contributed by atoms with van der Waals surface area (Å²) in [6.45, 7) is 1.77. The number of hydrazone groups is 1. The molecular weight excluding hydrogens is 496 g/mol. The van der Waals surface area contributed by atoms with Gasteiger partial charge in [-0.3, -0.25) is 14.5 Å². The van der Waals surface area contributed by atoms with Crippen molar-refractivity contribution in [3.8, 4) is 0 Å². The zero-order valence-electron chi connectivity index (χ0n) is 20.5. The van der Waals surface area contributed by atoms with Gasteiger partial charge in [-0.15, -0.1) is 5.10 Å². The maximum atomic E-state index is 14.1. The third-order valence-electron chi connectivity index (χ3n) is 6.65. The summed E-state index contributed by atoms with van der Waals surface area (Å²) in [6, 6.07) is 35.9. The van der Waals surface area contributed by atoms with Crippen LogP contribution in [-0.4, -0.2) is 17.6 Å². The Balaban J connectivity index is 1.60. The number of carbonyl (C=O) groups is 2. The lowest BCUT2D eigenvalue weighted by molar-refractivity contribution is -0.122. The Morgan fingerprint density at radius 2 is 1.18 bits per heavy atom. The minimum absolute atomic E-state index is 0.297. The van der Waals surface area contributed by atoms with E-state index < -0.39 is 5.92 Å². The number of para-hydroxylation sites is 2. The summed E-state index contributed by atoms with van der Waals surface area (Å²) >= 11 is 6.07. The number of anilines is 3. The van der Waals surface area contributed by atoms with E-state index in [1.54, 1.807) is 36.2 Å². The Morgan fingerprint density at radius 1 is 0.658 bits per heavy atom. The summed E-state index contributed by atoms with van der Waals surface area (Å²) in [6.07, 6.45) is 0. The molecule has 2 heterocycles. The van der Waals surface area contributed by atoms with Crippen LogP contribution in [0.3, 0.4) is 0 Å². The van der Waals surface area contributed by atoms with E-state index in [0.717, 1.165) is 16.9 Å². The van der Waals surface area contributed by atoms with Gasteiger partial charge in [0.15, 0.2) is 11.7 Å².